The van der Waals surface area contributed by atoms with Crippen LogP contribution < -0.4 is 19.1 Å². The third-order valence-corrected chi connectivity index (χ3v) is 7.91. The highest BCUT2D eigenvalue weighted by molar-refractivity contribution is 7.93. The van der Waals surface area contributed by atoms with E-state index < -0.39 is 15.9 Å². The summed E-state index contributed by atoms with van der Waals surface area (Å²) < 4.78 is 39.5. The first-order valence-electron chi connectivity index (χ1n) is 10.5. The van der Waals surface area contributed by atoms with E-state index in [0.29, 0.717) is 49.1 Å². The van der Waals surface area contributed by atoms with Gasteiger partial charge in [-0.15, -0.1) is 0 Å². The van der Waals surface area contributed by atoms with Crippen molar-refractivity contribution in [1.82, 2.24) is 0 Å². The molecule has 0 aromatic heterocycles. The van der Waals surface area contributed by atoms with Crippen molar-refractivity contribution in [3.05, 3.63) is 76.8 Å². The Morgan fingerprint density at radius 3 is 2.61 bits per heavy atom. The first-order valence-corrected chi connectivity index (χ1v) is 12.4. The number of rotatable bonds is 4. The molecule has 1 amide bonds. The maximum Gasteiger partial charge on any atom is 0.265 e. The summed E-state index contributed by atoms with van der Waals surface area (Å²) in [5.74, 6) is 0.716. The zero-order valence-corrected chi connectivity index (χ0v) is 19.2. The van der Waals surface area contributed by atoms with Gasteiger partial charge < -0.3 is 14.8 Å². The maximum atomic E-state index is 13.4. The quantitative estimate of drug-likeness (QED) is 0.589. The van der Waals surface area contributed by atoms with Crippen molar-refractivity contribution in [3.63, 3.8) is 0 Å². The van der Waals surface area contributed by atoms with Crippen LogP contribution in [-0.2, 0) is 16.4 Å². The summed E-state index contributed by atoms with van der Waals surface area (Å²) in [7, 11) is -3.94. The summed E-state index contributed by atoms with van der Waals surface area (Å²) in [6, 6.07) is 16.7. The molecule has 2 heterocycles. The Morgan fingerprint density at radius 1 is 0.970 bits per heavy atom. The Morgan fingerprint density at radius 2 is 1.76 bits per heavy atom. The Balaban J connectivity index is 1.42. The topological polar surface area (TPSA) is 84.9 Å². The molecule has 2 aliphatic heterocycles. The SMILES string of the molecule is O=C(Nc1ccc2c(c1)OCCCO2)c1ccc(Cl)c(S(=O)(=O)N2CCc3ccccc32)c1. The van der Waals surface area contributed by atoms with Crippen LogP contribution in [0.15, 0.2) is 65.6 Å². The number of nitrogens with one attached hydrogen (secondary N) is 1. The summed E-state index contributed by atoms with van der Waals surface area (Å²) in [6.07, 6.45) is 1.40. The molecule has 2 aliphatic rings. The standard InChI is InChI=1S/C24H21ClN2O5S/c25-19-8-6-17(24(28)26-18-7-9-21-22(15-18)32-13-3-12-31-21)14-23(19)33(29,30)27-11-10-16-4-1-2-5-20(16)27/h1-2,4-9,14-15H,3,10-13H2,(H,26,28). The van der Waals surface area contributed by atoms with Crippen molar-refractivity contribution in [2.45, 2.75) is 17.7 Å². The highest BCUT2D eigenvalue weighted by Crippen LogP contribution is 2.36. The molecule has 0 bridgehead atoms. The molecule has 0 atom stereocenters. The predicted molar refractivity (Wildman–Crippen MR) is 126 cm³/mol. The fourth-order valence-corrected chi connectivity index (χ4v) is 5.97. The summed E-state index contributed by atoms with van der Waals surface area (Å²) in [6.45, 7) is 1.43. The molecule has 170 valence electrons. The molecule has 0 spiro atoms. The highest BCUT2D eigenvalue weighted by Gasteiger charge is 2.32. The molecule has 3 aromatic carbocycles. The van der Waals surface area contributed by atoms with Gasteiger partial charge in [-0.3, -0.25) is 9.10 Å². The van der Waals surface area contributed by atoms with Gasteiger partial charge in [0.15, 0.2) is 11.5 Å². The minimum absolute atomic E-state index is 0.0616. The van der Waals surface area contributed by atoms with E-state index in [1.807, 2.05) is 12.1 Å². The first kappa shape index (κ1) is 21.6. The average Bonchev–Trinajstić information content (AvgIpc) is 3.12. The van der Waals surface area contributed by atoms with Gasteiger partial charge in [0.1, 0.15) is 4.90 Å². The highest BCUT2D eigenvalue weighted by atomic mass is 35.5. The largest absolute Gasteiger partial charge is 0.490 e. The van der Waals surface area contributed by atoms with E-state index in [1.165, 1.54) is 22.5 Å². The first-order chi connectivity index (χ1) is 15.9. The molecule has 3 aromatic rings. The number of hydrogen-bond acceptors (Lipinski definition) is 5. The zero-order valence-electron chi connectivity index (χ0n) is 17.6. The summed E-state index contributed by atoms with van der Waals surface area (Å²) >= 11 is 6.28. The lowest BCUT2D eigenvalue weighted by Crippen LogP contribution is -2.29. The molecule has 1 N–H and O–H groups in total. The number of hydrogen-bond donors (Lipinski definition) is 1. The van der Waals surface area contributed by atoms with E-state index >= 15 is 0 Å². The van der Waals surface area contributed by atoms with Gasteiger partial charge in [-0.25, -0.2) is 8.42 Å². The summed E-state index contributed by atoms with van der Waals surface area (Å²) in [4.78, 5) is 12.8. The lowest BCUT2D eigenvalue weighted by atomic mass is 10.2. The minimum atomic E-state index is -3.94. The predicted octanol–water partition coefficient (Wildman–Crippen LogP) is 4.51. The second-order valence-corrected chi connectivity index (χ2v) is 10.0. The number of sulfonamides is 1. The van der Waals surface area contributed by atoms with Crippen molar-refractivity contribution >= 4 is 38.9 Å². The van der Waals surface area contributed by atoms with Crippen LogP contribution in [-0.4, -0.2) is 34.1 Å². The van der Waals surface area contributed by atoms with Crippen LogP contribution in [0.1, 0.15) is 22.3 Å². The molecule has 0 aliphatic carbocycles. The molecular weight excluding hydrogens is 464 g/mol. The third-order valence-electron chi connectivity index (χ3n) is 5.61. The fraction of sp³-hybridized carbons (Fsp3) is 0.208. The van der Waals surface area contributed by atoms with Gasteiger partial charge in [0.25, 0.3) is 15.9 Å². The molecule has 0 unspecified atom stereocenters. The fourth-order valence-electron chi connectivity index (χ4n) is 3.96. The Kier molecular flexibility index (Phi) is 5.64. The molecule has 0 radical (unpaired) electrons. The van der Waals surface area contributed by atoms with E-state index in [-0.39, 0.29) is 15.5 Å². The summed E-state index contributed by atoms with van der Waals surface area (Å²) in [5.41, 5.74) is 2.28. The van der Waals surface area contributed by atoms with E-state index in [4.69, 9.17) is 21.1 Å². The molecule has 0 fully saturated rings. The van der Waals surface area contributed by atoms with E-state index in [2.05, 4.69) is 5.32 Å². The van der Waals surface area contributed by atoms with Crippen LogP contribution in [0, 0.1) is 0 Å². The number of ether oxygens (including phenoxy) is 2. The van der Waals surface area contributed by atoms with Crippen LogP contribution >= 0.6 is 11.6 Å². The number of halogens is 1. The van der Waals surface area contributed by atoms with Crippen molar-refractivity contribution in [3.8, 4) is 11.5 Å². The minimum Gasteiger partial charge on any atom is -0.490 e. The Labute approximate surface area is 196 Å². The zero-order chi connectivity index (χ0) is 23.0. The summed E-state index contributed by atoms with van der Waals surface area (Å²) in [5, 5.41) is 2.85. The van der Waals surface area contributed by atoms with Gasteiger partial charge >= 0.3 is 0 Å². The third kappa shape index (κ3) is 4.12. The molecule has 0 saturated heterocycles. The maximum absolute atomic E-state index is 13.4. The molecular formula is C24H21ClN2O5S. The molecule has 5 rings (SSSR count). The lowest BCUT2D eigenvalue weighted by Gasteiger charge is -2.20. The molecule has 9 heteroatoms. The van der Waals surface area contributed by atoms with Crippen molar-refractivity contribution < 1.29 is 22.7 Å². The Bertz CT molecular complexity index is 1340. The van der Waals surface area contributed by atoms with Crippen molar-refractivity contribution in [1.29, 1.82) is 0 Å². The average molecular weight is 485 g/mol. The number of carbonyl (C=O) groups is 1. The van der Waals surface area contributed by atoms with Gasteiger partial charge in [-0.05, 0) is 48.4 Å². The second kappa shape index (κ2) is 8.61. The monoisotopic (exact) mass is 484 g/mol. The van der Waals surface area contributed by atoms with Crippen molar-refractivity contribution in [2.24, 2.45) is 0 Å². The number of benzene rings is 3. The van der Waals surface area contributed by atoms with E-state index in [9.17, 15) is 13.2 Å². The number of nitrogens with zero attached hydrogens (tertiary/aromatic N) is 1. The molecule has 0 saturated carbocycles. The van der Waals surface area contributed by atoms with E-state index in [1.54, 1.807) is 30.3 Å². The van der Waals surface area contributed by atoms with Gasteiger partial charge in [-0.2, -0.15) is 0 Å². The number of fused-ring (bicyclic) bond motifs is 2. The molecule has 7 nitrogen and oxygen atoms in total. The number of para-hydroxylation sites is 1. The van der Waals surface area contributed by atoms with Crippen LogP contribution in [0.2, 0.25) is 5.02 Å². The van der Waals surface area contributed by atoms with Gasteiger partial charge in [-0.1, -0.05) is 29.8 Å². The van der Waals surface area contributed by atoms with Crippen LogP contribution in [0.3, 0.4) is 0 Å². The van der Waals surface area contributed by atoms with Crippen molar-refractivity contribution in [2.75, 3.05) is 29.4 Å². The van der Waals surface area contributed by atoms with E-state index in [0.717, 1.165) is 12.0 Å². The number of anilines is 2. The van der Waals surface area contributed by atoms with Crippen LogP contribution in [0.4, 0.5) is 11.4 Å². The number of carbonyl (C=O) groups excluding carboxylic acids is 1. The lowest BCUT2D eigenvalue weighted by molar-refractivity contribution is 0.102. The second-order valence-electron chi connectivity index (χ2n) is 7.77. The van der Waals surface area contributed by atoms with Gasteiger partial charge in [0, 0.05) is 30.3 Å². The van der Waals surface area contributed by atoms with Crippen LogP contribution in [0.25, 0.3) is 0 Å². The normalized spacial score (nSPS) is 15.0. The number of amides is 1. The Hall–Kier alpha value is -3.23. The molecule has 33 heavy (non-hydrogen) atoms. The van der Waals surface area contributed by atoms with Crippen LogP contribution in [0.5, 0.6) is 11.5 Å². The smallest absolute Gasteiger partial charge is 0.265 e. The van der Waals surface area contributed by atoms with Gasteiger partial charge in [0.05, 0.1) is 23.9 Å². The van der Waals surface area contributed by atoms with Gasteiger partial charge in [0.2, 0.25) is 0 Å².